The summed E-state index contributed by atoms with van der Waals surface area (Å²) in [6.45, 7) is 1.84. The Morgan fingerprint density at radius 1 is 0.969 bits per heavy atom. The van der Waals surface area contributed by atoms with Gasteiger partial charge in [-0.15, -0.1) is 0 Å². The van der Waals surface area contributed by atoms with Gasteiger partial charge in [0.25, 0.3) is 5.56 Å². The number of ether oxygens (including phenoxy) is 1. The van der Waals surface area contributed by atoms with Crippen molar-refractivity contribution in [2.75, 3.05) is 0 Å². The number of carbonyl (C=O) groups excluding carboxylic acids is 1. The Kier molecular flexibility index (Phi) is 5.81. The maximum atomic E-state index is 13.0. The molecule has 0 spiro atoms. The van der Waals surface area contributed by atoms with Crippen LogP contribution >= 0.6 is 0 Å². The van der Waals surface area contributed by atoms with Crippen molar-refractivity contribution >= 4 is 17.9 Å². The Morgan fingerprint density at radius 3 is 2.28 bits per heavy atom. The van der Waals surface area contributed by atoms with Gasteiger partial charge in [-0.25, -0.2) is 18.9 Å². The largest absolute Gasteiger partial charge is 0.423 e. The third-order valence-electron chi connectivity index (χ3n) is 5.04. The molecule has 0 bridgehead atoms. The van der Waals surface area contributed by atoms with E-state index in [-0.39, 0.29) is 11.1 Å². The van der Waals surface area contributed by atoms with Gasteiger partial charge >= 0.3 is 5.97 Å². The van der Waals surface area contributed by atoms with E-state index in [9.17, 15) is 14.0 Å². The van der Waals surface area contributed by atoms with Crippen LogP contribution in [0, 0.1) is 12.7 Å². The van der Waals surface area contributed by atoms with Gasteiger partial charge in [-0.05, 0) is 73.2 Å². The van der Waals surface area contributed by atoms with Gasteiger partial charge in [-0.1, -0.05) is 18.2 Å². The fourth-order valence-corrected chi connectivity index (χ4v) is 3.22. The molecule has 0 N–H and O–H groups in total. The van der Waals surface area contributed by atoms with Gasteiger partial charge in [0.2, 0.25) is 0 Å². The van der Waals surface area contributed by atoms with Crippen molar-refractivity contribution < 1.29 is 13.9 Å². The number of esters is 1. The predicted molar refractivity (Wildman–Crippen MR) is 121 cm³/mol. The summed E-state index contributed by atoms with van der Waals surface area (Å²) in [5.74, 6) is -0.652. The zero-order chi connectivity index (χ0) is 22.7. The molecule has 4 rings (SSSR count). The highest BCUT2D eigenvalue weighted by molar-refractivity contribution is 5.91. The zero-order valence-electron chi connectivity index (χ0n) is 17.5. The molecule has 7 heteroatoms. The molecule has 3 aromatic carbocycles. The van der Waals surface area contributed by atoms with Crippen molar-refractivity contribution in [3.63, 3.8) is 0 Å². The van der Waals surface area contributed by atoms with E-state index in [0.29, 0.717) is 11.4 Å². The van der Waals surface area contributed by atoms with Gasteiger partial charge in [-0.2, -0.15) is 0 Å². The van der Waals surface area contributed by atoms with Gasteiger partial charge in [0.05, 0.1) is 16.9 Å². The molecule has 0 saturated heterocycles. The van der Waals surface area contributed by atoms with Gasteiger partial charge < -0.3 is 4.74 Å². The average Bonchev–Trinajstić information content (AvgIpc) is 3.02. The first-order valence-electron chi connectivity index (χ1n) is 9.90. The summed E-state index contributed by atoms with van der Waals surface area (Å²) >= 11 is 0. The van der Waals surface area contributed by atoms with E-state index in [2.05, 4.69) is 4.99 Å². The summed E-state index contributed by atoms with van der Waals surface area (Å²) in [5.41, 5.74) is 2.63. The van der Waals surface area contributed by atoms with Crippen LogP contribution in [-0.4, -0.2) is 21.5 Å². The Labute approximate surface area is 183 Å². The lowest BCUT2D eigenvalue weighted by molar-refractivity contribution is 0.0734. The van der Waals surface area contributed by atoms with Gasteiger partial charge in [0, 0.05) is 13.3 Å². The number of rotatable bonds is 5. The van der Waals surface area contributed by atoms with Crippen LogP contribution in [0.2, 0.25) is 0 Å². The lowest BCUT2D eigenvalue weighted by atomic mass is 10.2. The topological polar surface area (TPSA) is 65.6 Å². The molecule has 0 radical (unpaired) electrons. The van der Waals surface area contributed by atoms with Crippen molar-refractivity contribution in [1.82, 2.24) is 9.36 Å². The molecular weight excluding hydrogens is 409 g/mol. The highest BCUT2D eigenvalue weighted by atomic mass is 19.1. The molecule has 0 aliphatic rings. The molecule has 0 aliphatic heterocycles. The average molecular weight is 429 g/mol. The summed E-state index contributed by atoms with van der Waals surface area (Å²) in [6.07, 6.45) is 1.59. The minimum absolute atomic E-state index is 0.211. The smallest absolute Gasteiger partial charge is 0.343 e. The van der Waals surface area contributed by atoms with Gasteiger partial charge in [-0.3, -0.25) is 9.48 Å². The van der Waals surface area contributed by atoms with Crippen LogP contribution in [-0.2, 0) is 7.05 Å². The maximum absolute atomic E-state index is 13.0. The fraction of sp³-hybridized carbons (Fsp3) is 0.0800. The van der Waals surface area contributed by atoms with E-state index in [1.165, 1.54) is 24.3 Å². The number of benzene rings is 3. The van der Waals surface area contributed by atoms with Crippen LogP contribution in [0.4, 0.5) is 10.1 Å². The van der Waals surface area contributed by atoms with Crippen LogP contribution in [0.25, 0.3) is 5.69 Å². The summed E-state index contributed by atoms with van der Waals surface area (Å²) in [5, 5.41) is 0. The number of para-hydroxylation sites is 1. The Bertz CT molecular complexity index is 1340. The standard InChI is InChI=1S/C25H20FN3O3/c1-17-23(24(30)29(28(17)2)21-6-4-3-5-7-21)27-16-18-8-14-22(15-9-18)32-25(31)19-10-12-20(26)13-11-19/h3-16H,1-2H3. The second kappa shape index (κ2) is 8.85. The summed E-state index contributed by atoms with van der Waals surface area (Å²) in [7, 11) is 1.81. The first kappa shape index (κ1) is 21.0. The number of hydrogen-bond donors (Lipinski definition) is 0. The number of aliphatic imine (C=N–C) groups is 1. The van der Waals surface area contributed by atoms with E-state index >= 15 is 0 Å². The number of carbonyl (C=O) groups is 1. The quantitative estimate of drug-likeness (QED) is 0.265. The van der Waals surface area contributed by atoms with E-state index in [1.807, 2.05) is 44.3 Å². The summed E-state index contributed by atoms with van der Waals surface area (Å²) in [4.78, 5) is 29.5. The molecule has 0 fully saturated rings. The molecule has 0 unspecified atom stereocenters. The van der Waals surface area contributed by atoms with E-state index < -0.39 is 11.8 Å². The number of halogens is 1. The van der Waals surface area contributed by atoms with Gasteiger partial charge in [0.15, 0.2) is 5.69 Å². The van der Waals surface area contributed by atoms with Crippen LogP contribution < -0.4 is 10.3 Å². The molecule has 1 aromatic heterocycles. The van der Waals surface area contributed by atoms with Crippen molar-refractivity contribution in [3.05, 3.63) is 112 Å². The normalized spacial score (nSPS) is 11.1. The fourth-order valence-electron chi connectivity index (χ4n) is 3.22. The van der Waals surface area contributed by atoms with Crippen LogP contribution in [0.5, 0.6) is 5.75 Å². The van der Waals surface area contributed by atoms with Crippen molar-refractivity contribution in [1.29, 1.82) is 0 Å². The third kappa shape index (κ3) is 4.27. The molecule has 160 valence electrons. The minimum Gasteiger partial charge on any atom is -0.423 e. The van der Waals surface area contributed by atoms with Crippen molar-refractivity contribution in [2.45, 2.75) is 6.92 Å². The molecule has 32 heavy (non-hydrogen) atoms. The van der Waals surface area contributed by atoms with Crippen LogP contribution in [0.15, 0.2) is 88.6 Å². The lowest BCUT2D eigenvalue weighted by Gasteiger charge is -2.07. The Morgan fingerprint density at radius 2 is 1.62 bits per heavy atom. The lowest BCUT2D eigenvalue weighted by Crippen LogP contribution is -2.19. The Balaban J connectivity index is 1.52. The number of nitrogens with zero attached hydrogens (tertiary/aromatic N) is 3. The monoisotopic (exact) mass is 429 g/mol. The van der Waals surface area contributed by atoms with E-state index in [0.717, 1.165) is 16.9 Å². The molecule has 4 aromatic rings. The van der Waals surface area contributed by atoms with Crippen molar-refractivity contribution in [2.24, 2.45) is 12.0 Å². The molecule has 0 atom stereocenters. The van der Waals surface area contributed by atoms with Crippen molar-refractivity contribution in [3.8, 4) is 11.4 Å². The van der Waals surface area contributed by atoms with E-state index in [1.54, 1.807) is 39.8 Å². The second-order valence-electron chi connectivity index (χ2n) is 7.13. The highest BCUT2D eigenvalue weighted by Gasteiger charge is 2.15. The van der Waals surface area contributed by atoms with E-state index in [4.69, 9.17) is 4.74 Å². The maximum Gasteiger partial charge on any atom is 0.343 e. The molecule has 0 saturated carbocycles. The summed E-state index contributed by atoms with van der Waals surface area (Å²) in [6, 6.07) is 21.2. The first-order valence-corrected chi connectivity index (χ1v) is 9.90. The first-order chi connectivity index (χ1) is 15.4. The zero-order valence-corrected chi connectivity index (χ0v) is 17.5. The van der Waals surface area contributed by atoms with Crippen LogP contribution in [0.3, 0.4) is 0 Å². The SMILES string of the molecule is Cc1c(N=Cc2ccc(OC(=O)c3ccc(F)cc3)cc2)c(=O)n(-c2ccccc2)n1C. The third-order valence-corrected chi connectivity index (χ3v) is 5.04. The molecule has 6 nitrogen and oxygen atoms in total. The second-order valence-corrected chi connectivity index (χ2v) is 7.13. The highest BCUT2D eigenvalue weighted by Crippen LogP contribution is 2.18. The Hall–Kier alpha value is -4.26. The van der Waals surface area contributed by atoms with Gasteiger partial charge in [0.1, 0.15) is 11.6 Å². The summed E-state index contributed by atoms with van der Waals surface area (Å²) < 4.78 is 21.6. The predicted octanol–water partition coefficient (Wildman–Crippen LogP) is 4.59. The number of aromatic nitrogens is 2. The molecule has 0 amide bonds. The molecular formula is C25H20FN3O3. The van der Waals surface area contributed by atoms with Crippen LogP contribution in [0.1, 0.15) is 21.6 Å². The number of hydrogen-bond acceptors (Lipinski definition) is 4. The molecule has 0 aliphatic carbocycles. The molecule has 1 heterocycles. The minimum atomic E-state index is -0.576.